The molecular formula is C18H21ClN4O4S. The molecule has 28 heavy (non-hydrogen) atoms. The van der Waals surface area contributed by atoms with Crippen molar-refractivity contribution in [3.63, 3.8) is 0 Å². The molecule has 0 aliphatic carbocycles. The van der Waals surface area contributed by atoms with E-state index in [1.165, 1.54) is 18.3 Å². The second kappa shape index (κ2) is 8.66. The van der Waals surface area contributed by atoms with E-state index in [9.17, 15) is 13.2 Å². The second-order valence-corrected chi connectivity index (χ2v) is 8.52. The minimum Gasteiger partial charge on any atom is -0.468 e. The average molecular weight is 425 g/mol. The van der Waals surface area contributed by atoms with E-state index in [2.05, 4.69) is 14.6 Å². The van der Waals surface area contributed by atoms with Gasteiger partial charge >= 0.3 is 0 Å². The van der Waals surface area contributed by atoms with Gasteiger partial charge in [0.2, 0.25) is 15.9 Å². The van der Waals surface area contributed by atoms with Gasteiger partial charge in [0, 0.05) is 32.2 Å². The topological polar surface area (TPSA) is 91.8 Å². The van der Waals surface area contributed by atoms with Crippen molar-refractivity contribution in [2.45, 2.75) is 0 Å². The number of hydrogen-bond acceptors (Lipinski definition) is 6. The van der Waals surface area contributed by atoms with Gasteiger partial charge in [-0.05, 0) is 18.2 Å². The molecule has 3 rings (SSSR count). The number of ether oxygens (including phenoxy) is 1. The third-order valence-corrected chi connectivity index (χ3v) is 5.13. The highest BCUT2D eigenvalue weighted by atomic mass is 35.5. The van der Waals surface area contributed by atoms with Crippen molar-refractivity contribution in [1.82, 2.24) is 9.88 Å². The van der Waals surface area contributed by atoms with E-state index < -0.39 is 10.0 Å². The number of pyridine rings is 1. The van der Waals surface area contributed by atoms with Crippen molar-refractivity contribution < 1.29 is 17.9 Å². The highest BCUT2D eigenvalue weighted by Crippen LogP contribution is 2.26. The van der Waals surface area contributed by atoms with E-state index in [-0.39, 0.29) is 18.4 Å². The number of halogens is 1. The first-order valence-electron chi connectivity index (χ1n) is 8.66. The lowest BCUT2D eigenvalue weighted by molar-refractivity contribution is -0.133. The Morgan fingerprint density at radius 2 is 1.89 bits per heavy atom. The Kier molecular flexibility index (Phi) is 6.25. The number of rotatable bonds is 6. The summed E-state index contributed by atoms with van der Waals surface area (Å²) in [7, 11) is -3.36. The number of nitrogens with zero attached hydrogens (tertiary/aromatic N) is 3. The Hall–Kier alpha value is -2.52. The number of nitrogens with one attached hydrogen (secondary N) is 1. The molecule has 0 spiro atoms. The van der Waals surface area contributed by atoms with Crippen LogP contribution in [0.2, 0.25) is 5.02 Å². The zero-order valence-electron chi connectivity index (χ0n) is 15.3. The average Bonchev–Trinajstić information content (AvgIpc) is 2.66. The third-order valence-electron chi connectivity index (χ3n) is 4.21. The molecule has 2 aromatic rings. The van der Waals surface area contributed by atoms with Crippen LogP contribution in [0.3, 0.4) is 0 Å². The molecule has 0 unspecified atom stereocenters. The Labute approximate surface area is 169 Å². The first kappa shape index (κ1) is 20.2. The van der Waals surface area contributed by atoms with Gasteiger partial charge in [0.05, 0.1) is 28.9 Å². The predicted molar refractivity (Wildman–Crippen MR) is 108 cm³/mol. The van der Waals surface area contributed by atoms with Gasteiger partial charge in [-0.15, -0.1) is 0 Å². The normalized spacial score (nSPS) is 14.6. The summed E-state index contributed by atoms with van der Waals surface area (Å²) in [6, 6.07) is 10.7. The van der Waals surface area contributed by atoms with Gasteiger partial charge in [0.15, 0.2) is 6.61 Å². The number of sulfonamides is 1. The van der Waals surface area contributed by atoms with Gasteiger partial charge in [0.25, 0.3) is 5.91 Å². The SMILES string of the molecule is CS(=O)(=O)Nc1ccc(OCC(=O)N2CCN(c3ccccc3Cl)CC2)nc1. The van der Waals surface area contributed by atoms with Crippen molar-refractivity contribution in [3.05, 3.63) is 47.6 Å². The zero-order valence-corrected chi connectivity index (χ0v) is 16.9. The molecule has 150 valence electrons. The summed E-state index contributed by atoms with van der Waals surface area (Å²) in [5, 5.41) is 0.700. The number of benzene rings is 1. The van der Waals surface area contributed by atoms with Gasteiger partial charge in [-0.25, -0.2) is 13.4 Å². The number of aromatic nitrogens is 1. The van der Waals surface area contributed by atoms with E-state index in [1.807, 2.05) is 24.3 Å². The van der Waals surface area contributed by atoms with Gasteiger partial charge in [-0.1, -0.05) is 23.7 Å². The minimum absolute atomic E-state index is 0.126. The molecule has 0 radical (unpaired) electrons. The van der Waals surface area contributed by atoms with Gasteiger partial charge < -0.3 is 14.5 Å². The highest BCUT2D eigenvalue weighted by molar-refractivity contribution is 7.92. The highest BCUT2D eigenvalue weighted by Gasteiger charge is 2.22. The van der Waals surface area contributed by atoms with E-state index >= 15 is 0 Å². The molecular weight excluding hydrogens is 404 g/mol. The minimum atomic E-state index is -3.36. The monoisotopic (exact) mass is 424 g/mol. The molecule has 1 fully saturated rings. The van der Waals surface area contributed by atoms with Crippen LogP contribution < -0.4 is 14.4 Å². The number of hydrogen-bond donors (Lipinski definition) is 1. The van der Waals surface area contributed by atoms with Crippen molar-refractivity contribution in [2.24, 2.45) is 0 Å². The van der Waals surface area contributed by atoms with Crippen LogP contribution in [0.5, 0.6) is 5.88 Å². The standard InChI is InChI=1S/C18H21ClN4O4S/c1-28(25,26)21-14-6-7-17(20-12-14)27-13-18(24)23-10-8-22(9-11-23)16-5-3-2-4-15(16)19/h2-7,12,21H,8-11,13H2,1H3. The number of piperazine rings is 1. The molecule has 2 heterocycles. The quantitative estimate of drug-likeness (QED) is 0.760. The van der Waals surface area contributed by atoms with Crippen LogP contribution in [0.25, 0.3) is 0 Å². The van der Waals surface area contributed by atoms with E-state index in [0.717, 1.165) is 11.9 Å². The molecule has 0 atom stereocenters. The summed E-state index contributed by atoms with van der Waals surface area (Å²) < 4.78 is 30.1. The Bertz CT molecular complexity index is 929. The summed E-state index contributed by atoms with van der Waals surface area (Å²) in [6.45, 7) is 2.42. The number of anilines is 2. The lowest BCUT2D eigenvalue weighted by Gasteiger charge is -2.36. The molecule has 1 saturated heterocycles. The molecule has 0 saturated carbocycles. The van der Waals surface area contributed by atoms with Crippen LogP contribution in [-0.4, -0.2) is 63.3 Å². The summed E-state index contributed by atoms with van der Waals surface area (Å²) in [5.41, 5.74) is 1.30. The fraction of sp³-hybridized carbons (Fsp3) is 0.333. The van der Waals surface area contributed by atoms with Crippen molar-refractivity contribution in [2.75, 3.05) is 48.7 Å². The molecule has 1 aromatic heterocycles. The number of amides is 1. The summed E-state index contributed by atoms with van der Waals surface area (Å²) in [6.07, 6.45) is 2.39. The van der Waals surface area contributed by atoms with Crippen LogP contribution in [0.15, 0.2) is 42.6 Å². The fourth-order valence-corrected chi connectivity index (χ4v) is 3.68. The lowest BCUT2D eigenvalue weighted by atomic mass is 10.2. The van der Waals surface area contributed by atoms with Gasteiger partial charge in [-0.3, -0.25) is 9.52 Å². The van der Waals surface area contributed by atoms with Crippen molar-refractivity contribution in [3.8, 4) is 5.88 Å². The predicted octanol–water partition coefficient (Wildman–Crippen LogP) is 1.83. The Balaban J connectivity index is 1.48. The third kappa shape index (κ3) is 5.49. The largest absolute Gasteiger partial charge is 0.468 e. The number of carbonyl (C=O) groups excluding carboxylic acids is 1. The summed E-state index contributed by atoms with van der Waals surface area (Å²) in [5.74, 6) is 0.126. The van der Waals surface area contributed by atoms with Crippen LogP contribution in [0.4, 0.5) is 11.4 Å². The van der Waals surface area contributed by atoms with Crippen LogP contribution in [0.1, 0.15) is 0 Å². The van der Waals surface area contributed by atoms with E-state index in [1.54, 1.807) is 4.90 Å². The maximum Gasteiger partial charge on any atom is 0.260 e. The molecule has 8 nitrogen and oxygen atoms in total. The van der Waals surface area contributed by atoms with Gasteiger partial charge in [-0.2, -0.15) is 0 Å². The molecule has 10 heteroatoms. The van der Waals surface area contributed by atoms with E-state index in [0.29, 0.717) is 36.9 Å². The van der Waals surface area contributed by atoms with Crippen molar-refractivity contribution >= 4 is 38.9 Å². The summed E-state index contributed by atoms with van der Waals surface area (Å²) >= 11 is 6.23. The molecule has 1 N–H and O–H groups in total. The maximum absolute atomic E-state index is 12.4. The fourth-order valence-electron chi connectivity index (χ4n) is 2.87. The first-order chi connectivity index (χ1) is 13.3. The number of para-hydroxylation sites is 1. The smallest absolute Gasteiger partial charge is 0.260 e. The zero-order chi connectivity index (χ0) is 20.1. The molecule has 1 aliphatic rings. The van der Waals surface area contributed by atoms with Crippen molar-refractivity contribution in [1.29, 1.82) is 0 Å². The molecule has 1 amide bonds. The molecule has 0 bridgehead atoms. The van der Waals surface area contributed by atoms with Crippen LogP contribution in [-0.2, 0) is 14.8 Å². The first-order valence-corrected chi connectivity index (χ1v) is 10.9. The van der Waals surface area contributed by atoms with E-state index in [4.69, 9.17) is 16.3 Å². The van der Waals surface area contributed by atoms with Crippen LogP contribution in [0, 0.1) is 0 Å². The lowest BCUT2D eigenvalue weighted by Crippen LogP contribution is -2.50. The molecule has 1 aliphatic heterocycles. The molecule has 1 aromatic carbocycles. The van der Waals surface area contributed by atoms with Gasteiger partial charge in [0.1, 0.15) is 0 Å². The Morgan fingerprint density at radius 1 is 1.18 bits per heavy atom. The number of carbonyl (C=O) groups is 1. The maximum atomic E-state index is 12.4. The summed E-state index contributed by atoms with van der Waals surface area (Å²) in [4.78, 5) is 20.3. The Morgan fingerprint density at radius 3 is 2.50 bits per heavy atom. The second-order valence-electron chi connectivity index (χ2n) is 6.37. The van der Waals surface area contributed by atoms with Crippen LogP contribution >= 0.6 is 11.6 Å².